The van der Waals surface area contributed by atoms with Crippen LogP contribution >= 0.6 is 15.9 Å². The summed E-state index contributed by atoms with van der Waals surface area (Å²) in [5.41, 5.74) is 7.18. The van der Waals surface area contributed by atoms with Crippen LogP contribution in [0.15, 0.2) is 28.7 Å². The van der Waals surface area contributed by atoms with Crippen LogP contribution in [0, 0.1) is 0 Å². The smallest absolute Gasteiger partial charge is 0.0963 e. The Morgan fingerprint density at radius 1 is 1.62 bits per heavy atom. The zero-order valence-corrected chi connectivity index (χ0v) is 8.83. The van der Waals surface area contributed by atoms with Crippen LogP contribution in [0.25, 0.3) is 0 Å². The number of hydrogen-bond acceptors (Lipinski definition) is 2. The largest absolute Gasteiger partial charge is 0.371 e. The van der Waals surface area contributed by atoms with Crippen molar-refractivity contribution in [1.29, 1.82) is 0 Å². The summed E-state index contributed by atoms with van der Waals surface area (Å²) in [6, 6.07) is 8.38. The summed E-state index contributed by atoms with van der Waals surface area (Å²) in [6.07, 6.45) is 1.18. The number of halogens is 1. The van der Waals surface area contributed by atoms with Gasteiger partial charge in [0, 0.05) is 10.5 Å². The lowest BCUT2D eigenvalue weighted by molar-refractivity contribution is 0.371. The Bertz CT molecular complexity index is 299. The third kappa shape index (κ3) is 2.53. The van der Waals surface area contributed by atoms with Crippen molar-refractivity contribution in [1.82, 2.24) is 0 Å². The maximum absolute atomic E-state index is 5.92. The Morgan fingerprint density at radius 2 is 2.38 bits per heavy atom. The van der Waals surface area contributed by atoms with E-state index < -0.39 is 0 Å². The monoisotopic (exact) mass is 241 g/mol. The van der Waals surface area contributed by atoms with Crippen LogP contribution in [0.2, 0.25) is 0 Å². The summed E-state index contributed by atoms with van der Waals surface area (Å²) in [6.45, 7) is 0.829. The summed E-state index contributed by atoms with van der Waals surface area (Å²) in [5, 5.41) is 0. The molecule has 1 heterocycles. The third-order valence-electron chi connectivity index (χ3n) is 2.20. The highest BCUT2D eigenvalue weighted by Crippen LogP contribution is 2.18. The molecule has 2 atom stereocenters. The van der Waals surface area contributed by atoms with Crippen LogP contribution in [0.4, 0.5) is 0 Å². The Balaban J connectivity index is 2.00. The first-order chi connectivity index (χ1) is 6.25. The fourth-order valence-corrected chi connectivity index (χ4v) is 1.82. The third-order valence-corrected chi connectivity index (χ3v) is 2.69. The molecule has 2 rings (SSSR count). The molecular formula is C10H12BrNO. The van der Waals surface area contributed by atoms with E-state index >= 15 is 0 Å². The van der Waals surface area contributed by atoms with Gasteiger partial charge in [-0.05, 0) is 24.1 Å². The summed E-state index contributed by atoms with van der Waals surface area (Å²) < 4.78 is 6.24. The van der Waals surface area contributed by atoms with Crippen molar-refractivity contribution in [2.24, 2.45) is 5.73 Å². The van der Waals surface area contributed by atoms with Gasteiger partial charge in [-0.3, -0.25) is 0 Å². The Morgan fingerprint density at radius 3 is 3.00 bits per heavy atom. The summed E-state index contributed by atoms with van der Waals surface area (Å²) in [5.74, 6) is 0. The minimum Gasteiger partial charge on any atom is -0.371 e. The second kappa shape index (κ2) is 3.78. The lowest BCUT2D eigenvalue weighted by Crippen LogP contribution is -2.28. The molecule has 1 aromatic carbocycles. The lowest BCUT2D eigenvalue weighted by Gasteiger charge is -2.07. The van der Waals surface area contributed by atoms with E-state index in [0.717, 1.165) is 17.5 Å². The minimum absolute atomic E-state index is 0.147. The molecule has 1 aliphatic rings. The fraction of sp³-hybridized carbons (Fsp3) is 0.400. The highest BCUT2D eigenvalue weighted by molar-refractivity contribution is 9.10. The van der Waals surface area contributed by atoms with Crippen LogP contribution in [0.1, 0.15) is 5.56 Å². The standard InChI is InChI=1S/C10H12BrNO/c11-8-3-1-2-7(4-8)5-9(12)10-6-13-10/h1-4,9-10H,5-6,12H2. The molecule has 13 heavy (non-hydrogen) atoms. The average Bonchev–Trinajstić information content (AvgIpc) is 2.85. The maximum Gasteiger partial charge on any atom is 0.0963 e. The molecule has 0 amide bonds. The van der Waals surface area contributed by atoms with Gasteiger partial charge in [0.15, 0.2) is 0 Å². The van der Waals surface area contributed by atoms with Crippen molar-refractivity contribution < 1.29 is 4.74 Å². The predicted molar refractivity (Wildman–Crippen MR) is 55.6 cm³/mol. The van der Waals surface area contributed by atoms with Crippen molar-refractivity contribution in [2.75, 3.05) is 6.61 Å². The molecule has 1 aromatic rings. The molecule has 0 aliphatic carbocycles. The van der Waals surface area contributed by atoms with E-state index in [9.17, 15) is 0 Å². The van der Waals surface area contributed by atoms with E-state index in [0.29, 0.717) is 6.10 Å². The van der Waals surface area contributed by atoms with Crippen LogP contribution in [-0.2, 0) is 11.2 Å². The van der Waals surface area contributed by atoms with Gasteiger partial charge in [-0.15, -0.1) is 0 Å². The van der Waals surface area contributed by atoms with E-state index in [1.54, 1.807) is 0 Å². The predicted octanol–water partition coefficient (Wildman–Crippen LogP) is 1.72. The Hall–Kier alpha value is -0.380. The Labute approximate surface area is 86.2 Å². The highest BCUT2D eigenvalue weighted by Gasteiger charge is 2.29. The van der Waals surface area contributed by atoms with Crippen molar-refractivity contribution in [2.45, 2.75) is 18.6 Å². The second-order valence-corrected chi connectivity index (χ2v) is 4.29. The van der Waals surface area contributed by atoms with Crippen LogP contribution < -0.4 is 5.73 Å². The number of benzene rings is 1. The van der Waals surface area contributed by atoms with Crippen molar-refractivity contribution in [3.63, 3.8) is 0 Å². The van der Waals surface area contributed by atoms with Gasteiger partial charge < -0.3 is 10.5 Å². The SMILES string of the molecule is NC(Cc1cccc(Br)c1)C1CO1. The molecular weight excluding hydrogens is 230 g/mol. The lowest BCUT2D eigenvalue weighted by atomic mass is 10.0. The average molecular weight is 242 g/mol. The maximum atomic E-state index is 5.92. The zero-order chi connectivity index (χ0) is 9.26. The van der Waals surface area contributed by atoms with Crippen LogP contribution in [0.3, 0.4) is 0 Å². The molecule has 0 aromatic heterocycles. The topological polar surface area (TPSA) is 38.5 Å². The molecule has 1 aliphatic heterocycles. The summed E-state index contributed by atoms with van der Waals surface area (Å²) in [7, 11) is 0. The second-order valence-electron chi connectivity index (χ2n) is 3.37. The van der Waals surface area contributed by atoms with Crippen LogP contribution in [0.5, 0.6) is 0 Å². The normalized spacial score (nSPS) is 22.8. The van der Waals surface area contributed by atoms with Gasteiger partial charge in [0.25, 0.3) is 0 Å². The van der Waals surface area contributed by atoms with E-state index in [4.69, 9.17) is 10.5 Å². The molecule has 0 bridgehead atoms. The van der Waals surface area contributed by atoms with E-state index in [-0.39, 0.29) is 6.04 Å². The van der Waals surface area contributed by atoms with Gasteiger partial charge in [-0.1, -0.05) is 28.1 Å². The van der Waals surface area contributed by atoms with Crippen LogP contribution in [-0.4, -0.2) is 18.8 Å². The quantitative estimate of drug-likeness (QED) is 0.819. The minimum atomic E-state index is 0.147. The van der Waals surface area contributed by atoms with Gasteiger partial charge in [0.05, 0.1) is 12.7 Å². The fourth-order valence-electron chi connectivity index (χ4n) is 1.37. The van der Waals surface area contributed by atoms with Crippen molar-refractivity contribution >= 4 is 15.9 Å². The van der Waals surface area contributed by atoms with Crippen molar-refractivity contribution in [3.05, 3.63) is 34.3 Å². The summed E-state index contributed by atoms with van der Waals surface area (Å²) in [4.78, 5) is 0. The van der Waals surface area contributed by atoms with Gasteiger partial charge in [-0.2, -0.15) is 0 Å². The van der Waals surface area contributed by atoms with Gasteiger partial charge in [0.1, 0.15) is 0 Å². The number of nitrogens with two attached hydrogens (primary N) is 1. The Kier molecular flexibility index (Phi) is 2.67. The molecule has 0 spiro atoms. The number of ether oxygens (including phenoxy) is 1. The van der Waals surface area contributed by atoms with Gasteiger partial charge in [0.2, 0.25) is 0 Å². The van der Waals surface area contributed by atoms with Gasteiger partial charge in [-0.25, -0.2) is 0 Å². The molecule has 1 saturated heterocycles. The number of epoxide rings is 1. The molecule has 2 nitrogen and oxygen atoms in total. The molecule has 0 saturated carbocycles. The molecule has 2 N–H and O–H groups in total. The molecule has 3 heteroatoms. The summed E-state index contributed by atoms with van der Waals surface area (Å²) >= 11 is 3.43. The number of rotatable bonds is 3. The highest BCUT2D eigenvalue weighted by atomic mass is 79.9. The van der Waals surface area contributed by atoms with Crippen molar-refractivity contribution in [3.8, 4) is 0 Å². The van der Waals surface area contributed by atoms with E-state index in [2.05, 4.69) is 28.1 Å². The van der Waals surface area contributed by atoms with E-state index in [1.165, 1.54) is 5.56 Å². The molecule has 1 fully saturated rings. The molecule has 70 valence electrons. The molecule has 0 radical (unpaired) electrons. The first-order valence-electron chi connectivity index (χ1n) is 4.37. The number of hydrogen-bond donors (Lipinski definition) is 1. The zero-order valence-electron chi connectivity index (χ0n) is 7.24. The first-order valence-corrected chi connectivity index (χ1v) is 5.16. The molecule has 2 unspecified atom stereocenters. The van der Waals surface area contributed by atoms with Gasteiger partial charge >= 0.3 is 0 Å². The van der Waals surface area contributed by atoms with E-state index in [1.807, 2.05) is 12.1 Å². The first kappa shape index (κ1) is 9.19.